The van der Waals surface area contributed by atoms with Crippen LogP contribution in [0.15, 0.2) is 60.7 Å². The minimum atomic E-state index is -1.82. The van der Waals surface area contributed by atoms with Gasteiger partial charge < -0.3 is 15.1 Å². The molecule has 2 rings (SSSR count). The van der Waals surface area contributed by atoms with Gasteiger partial charge in [0, 0.05) is 26.2 Å². The summed E-state index contributed by atoms with van der Waals surface area (Å²) in [5.41, 5.74) is 2.81. The largest absolute Gasteiger partial charge is 0.473 e. The summed E-state index contributed by atoms with van der Waals surface area (Å²) in [6.07, 6.45) is 0. The van der Waals surface area contributed by atoms with E-state index in [1.807, 2.05) is 0 Å². The molecule has 6 nitrogen and oxygen atoms in total. The number of aliphatic carboxylic acids is 2. The molecule has 2 aromatic carbocycles. The van der Waals surface area contributed by atoms with Crippen molar-refractivity contribution in [1.82, 2.24) is 9.80 Å². The lowest BCUT2D eigenvalue weighted by Gasteiger charge is -2.27. The fraction of sp³-hybridized carbons (Fsp3) is 0.364. The number of rotatable bonds is 8. The number of carboxylic acid groups (broad SMARTS) is 2. The van der Waals surface area contributed by atoms with E-state index in [-0.39, 0.29) is 0 Å². The number of carboxylic acids is 2. The molecule has 0 aromatic heterocycles. The topological polar surface area (TPSA) is 81.1 Å². The maximum Gasteiger partial charge on any atom is 0.414 e. The first kappa shape index (κ1) is 23.3. The first-order chi connectivity index (χ1) is 13.3. The van der Waals surface area contributed by atoms with Gasteiger partial charge in [0.15, 0.2) is 0 Å². The van der Waals surface area contributed by atoms with Gasteiger partial charge in [-0.25, -0.2) is 9.59 Å². The SMILES string of the molecule is CC(CN(CCN(C)C)Cc1ccccc1)c1ccccc1.O=C(O)C(=O)O. The molecule has 0 spiro atoms. The van der Waals surface area contributed by atoms with Crippen LogP contribution in [0.1, 0.15) is 24.0 Å². The van der Waals surface area contributed by atoms with Gasteiger partial charge in [0.25, 0.3) is 0 Å². The number of nitrogens with zero attached hydrogens (tertiary/aromatic N) is 2. The summed E-state index contributed by atoms with van der Waals surface area (Å²) in [6, 6.07) is 21.6. The molecular formula is C22H30N2O4. The van der Waals surface area contributed by atoms with E-state index in [4.69, 9.17) is 19.8 Å². The van der Waals surface area contributed by atoms with Gasteiger partial charge in [-0.05, 0) is 31.1 Å². The van der Waals surface area contributed by atoms with Gasteiger partial charge in [-0.15, -0.1) is 0 Å². The number of hydrogen-bond donors (Lipinski definition) is 2. The lowest BCUT2D eigenvalue weighted by molar-refractivity contribution is -0.159. The lowest BCUT2D eigenvalue weighted by atomic mass is 10.0. The molecule has 0 saturated heterocycles. The zero-order valence-corrected chi connectivity index (χ0v) is 16.8. The van der Waals surface area contributed by atoms with Gasteiger partial charge in [-0.2, -0.15) is 0 Å². The van der Waals surface area contributed by atoms with E-state index in [2.05, 4.69) is 91.5 Å². The quantitative estimate of drug-likeness (QED) is 0.679. The van der Waals surface area contributed by atoms with Crippen LogP contribution in [-0.4, -0.2) is 65.7 Å². The zero-order valence-electron chi connectivity index (χ0n) is 16.8. The highest BCUT2D eigenvalue weighted by molar-refractivity contribution is 6.27. The molecule has 2 N–H and O–H groups in total. The monoisotopic (exact) mass is 386 g/mol. The smallest absolute Gasteiger partial charge is 0.414 e. The molecule has 1 unspecified atom stereocenters. The Labute approximate surface area is 167 Å². The highest BCUT2D eigenvalue weighted by atomic mass is 16.4. The van der Waals surface area contributed by atoms with E-state index < -0.39 is 11.9 Å². The predicted octanol–water partition coefficient (Wildman–Crippen LogP) is 3.01. The first-order valence-corrected chi connectivity index (χ1v) is 9.21. The number of likely N-dealkylation sites (N-methyl/N-ethyl adjacent to an activating group) is 1. The lowest BCUT2D eigenvalue weighted by Crippen LogP contribution is -2.34. The Hall–Kier alpha value is -2.70. The van der Waals surface area contributed by atoms with Crippen molar-refractivity contribution in [3.05, 3.63) is 71.8 Å². The molecule has 0 aliphatic rings. The molecular weight excluding hydrogens is 356 g/mol. The van der Waals surface area contributed by atoms with Crippen LogP contribution in [0.2, 0.25) is 0 Å². The second-order valence-electron chi connectivity index (χ2n) is 6.95. The van der Waals surface area contributed by atoms with Gasteiger partial charge in [0.2, 0.25) is 0 Å². The fourth-order valence-electron chi connectivity index (χ4n) is 2.69. The molecule has 0 amide bonds. The Morgan fingerprint density at radius 2 is 1.36 bits per heavy atom. The van der Waals surface area contributed by atoms with Crippen LogP contribution in [-0.2, 0) is 16.1 Å². The van der Waals surface area contributed by atoms with Gasteiger partial charge in [-0.3, -0.25) is 4.90 Å². The average Bonchev–Trinajstić information content (AvgIpc) is 2.68. The maximum absolute atomic E-state index is 9.10. The van der Waals surface area contributed by atoms with E-state index >= 15 is 0 Å². The molecule has 152 valence electrons. The summed E-state index contributed by atoms with van der Waals surface area (Å²) in [5.74, 6) is -3.10. The van der Waals surface area contributed by atoms with E-state index in [1.165, 1.54) is 11.1 Å². The fourth-order valence-corrected chi connectivity index (χ4v) is 2.69. The molecule has 0 fully saturated rings. The Morgan fingerprint density at radius 1 is 0.857 bits per heavy atom. The van der Waals surface area contributed by atoms with Crippen LogP contribution < -0.4 is 0 Å². The van der Waals surface area contributed by atoms with E-state index in [0.717, 1.165) is 26.2 Å². The van der Waals surface area contributed by atoms with Gasteiger partial charge in [-0.1, -0.05) is 67.6 Å². The van der Waals surface area contributed by atoms with Crippen LogP contribution >= 0.6 is 0 Å². The number of hydrogen-bond acceptors (Lipinski definition) is 4. The molecule has 0 aliphatic carbocycles. The molecule has 0 aliphatic heterocycles. The maximum atomic E-state index is 9.10. The Morgan fingerprint density at radius 3 is 1.82 bits per heavy atom. The van der Waals surface area contributed by atoms with Crippen molar-refractivity contribution in [2.45, 2.75) is 19.4 Å². The molecule has 1 atom stereocenters. The van der Waals surface area contributed by atoms with Crippen LogP contribution in [0, 0.1) is 0 Å². The second-order valence-corrected chi connectivity index (χ2v) is 6.95. The summed E-state index contributed by atoms with van der Waals surface area (Å²) in [5, 5.41) is 14.8. The summed E-state index contributed by atoms with van der Waals surface area (Å²) < 4.78 is 0. The van der Waals surface area contributed by atoms with Gasteiger partial charge in [0.05, 0.1) is 0 Å². The van der Waals surface area contributed by atoms with Gasteiger partial charge >= 0.3 is 11.9 Å². The summed E-state index contributed by atoms with van der Waals surface area (Å²) in [4.78, 5) is 23.0. The second kappa shape index (κ2) is 12.6. The van der Waals surface area contributed by atoms with Gasteiger partial charge in [0.1, 0.15) is 0 Å². The highest BCUT2D eigenvalue weighted by Crippen LogP contribution is 2.17. The van der Waals surface area contributed by atoms with E-state index in [0.29, 0.717) is 5.92 Å². The average molecular weight is 386 g/mol. The predicted molar refractivity (Wildman–Crippen MR) is 110 cm³/mol. The van der Waals surface area contributed by atoms with Crippen molar-refractivity contribution in [3.8, 4) is 0 Å². The Balaban J connectivity index is 0.000000568. The van der Waals surface area contributed by atoms with Crippen molar-refractivity contribution >= 4 is 11.9 Å². The van der Waals surface area contributed by atoms with Crippen molar-refractivity contribution in [3.63, 3.8) is 0 Å². The normalized spacial score (nSPS) is 11.6. The van der Waals surface area contributed by atoms with Crippen molar-refractivity contribution in [2.24, 2.45) is 0 Å². The zero-order chi connectivity index (χ0) is 20.9. The third-order valence-corrected chi connectivity index (χ3v) is 4.20. The molecule has 0 heterocycles. The van der Waals surface area contributed by atoms with E-state index in [9.17, 15) is 0 Å². The summed E-state index contributed by atoms with van der Waals surface area (Å²) >= 11 is 0. The Bertz CT molecular complexity index is 693. The molecule has 0 bridgehead atoms. The standard InChI is InChI=1S/C20H28N2.C2H2O4/c1-18(20-12-8-5-9-13-20)16-22(15-14-21(2)3)17-19-10-6-4-7-11-19;3-1(4)2(5)6/h4-13,18H,14-17H2,1-3H3;(H,3,4)(H,5,6). The van der Waals surface area contributed by atoms with E-state index in [1.54, 1.807) is 0 Å². The molecule has 0 saturated carbocycles. The van der Waals surface area contributed by atoms with Crippen molar-refractivity contribution in [2.75, 3.05) is 33.7 Å². The van der Waals surface area contributed by atoms with Crippen LogP contribution in [0.3, 0.4) is 0 Å². The van der Waals surface area contributed by atoms with Crippen LogP contribution in [0.5, 0.6) is 0 Å². The Kier molecular flexibility index (Phi) is 10.5. The van der Waals surface area contributed by atoms with Crippen molar-refractivity contribution < 1.29 is 19.8 Å². The third kappa shape index (κ3) is 9.85. The van der Waals surface area contributed by atoms with Crippen LogP contribution in [0.25, 0.3) is 0 Å². The number of carbonyl (C=O) groups is 2. The molecule has 0 radical (unpaired) electrons. The minimum absolute atomic E-state index is 0.548. The van der Waals surface area contributed by atoms with Crippen LogP contribution in [0.4, 0.5) is 0 Å². The first-order valence-electron chi connectivity index (χ1n) is 9.21. The van der Waals surface area contributed by atoms with Crippen molar-refractivity contribution in [1.29, 1.82) is 0 Å². The minimum Gasteiger partial charge on any atom is -0.473 e. The highest BCUT2D eigenvalue weighted by Gasteiger charge is 2.12. The summed E-state index contributed by atoms with van der Waals surface area (Å²) in [6.45, 7) is 6.62. The molecule has 28 heavy (non-hydrogen) atoms. The number of benzene rings is 2. The molecule has 2 aromatic rings. The summed E-state index contributed by atoms with van der Waals surface area (Å²) in [7, 11) is 4.28. The third-order valence-electron chi connectivity index (χ3n) is 4.20. The molecule has 6 heteroatoms.